The van der Waals surface area contributed by atoms with Crippen molar-refractivity contribution in [2.24, 2.45) is 16.8 Å². The maximum Gasteiger partial charge on any atom is 0.228 e. The first-order valence-electron chi connectivity index (χ1n) is 8.35. The summed E-state index contributed by atoms with van der Waals surface area (Å²) in [7, 11) is 1.81. The van der Waals surface area contributed by atoms with Crippen LogP contribution in [0.2, 0.25) is 0 Å². The summed E-state index contributed by atoms with van der Waals surface area (Å²) in [6.07, 6.45) is 5.79. The number of guanidine groups is 1. The first-order valence-corrected chi connectivity index (χ1v) is 8.35. The van der Waals surface area contributed by atoms with Gasteiger partial charge in [-0.3, -0.25) is 4.99 Å². The second-order valence-corrected chi connectivity index (χ2v) is 6.48. The molecule has 6 heteroatoms. The Balaban J connectivity index is 1.69. The highest BCUT2D eigenvalue weighted by Gasteiger charge is 2.23. The van der Waals surface area contributed by atoms with E-state index in [9.17, 15) is 0 Å². The molecule has 1 aliphatic rings. The topological polar surface area (TPSA) is 75.3 Å². The van der Waals surface area contributed by atoms with E-state index < -0.39 is 0 Å². The van der Waals surface area contributed by atoms with Gasteiger partial charge in [-0.05, 0) is 44.4 Å². The number of nitrogens with zero attached hydrogens (tertiary/aromatic N) is 3. The summed E-state index contributed by atoms with van der Waals surface area (Å²) in [5, 5.41) is 10.6. The Bertz CT molecular complexity index is 475. The molecular formula is C16H29N5O. The van der Waals surface area contributed by atoms with Crippen LogP contribution < -0.4 is 10.6 Å². The zero-order valence-corrected chi connectivity index (χ0v) is 14.2. The van der Waals surface area contributed by atoms with Crippen LogP contribution in [0.15, 0.2) is 9.52 Å². The fraction of sp³-hybridized carbons (Fsp3) is 0.812. The van der Waals surface area contributed by atoms with Crippen LogP contribution in [0, 0.1) is 18.8 Å². The van der Waals surface area contributed by atoms with Crippen LogP contribution in [0.4, 0.5) is 0 Å². The molecule has 1 heterocycles. The average molecular weight is 307 g/mol. The Morgan fingerprint density at radius 2 is 2.05 bits per heavy atom. The summed E-state index contributed by atoms with van der Waals surface area (Å²) < 4.78 is 5.10. The summed E-state index contributed by atoms with van der Waals surface area (Å²) in [5.74, 6) is 3.89. The first-order chi connectivity index (χ1) is 10.6. The molecule has 0 spiro atoms. The minimum atomic E-state index is 0.534. The number of hydrogen-bond acceptors (Lipinski definition) is 4. The lowest BCUT2D eigenvalue weighted by Crippen LogP contribution is -2.45. The molecule has 1 aromatic rings. The van der Waals surface area contributed by atoms with Crippen LogP contribution in [-0.2, 0) is 6.42 Å². The Morgan fingerprint density at radius 1 is 1.32 bits per heavy atom. The third-order valence-corrected chi connectivity index (χ3v) is 4.48. The van der Waals surface area contributed by atoms with Crippen LogP contribution >= 0.6 is 0 Å². The molecule has 0 saturated heterocycles. The van der Waals surface area contributed by atoms with E-state index in [1.807, 2.05) is 14.0 Å². The summed E-state index contributed by atoms with van der Waals surface area (Å²) in [6.45, 7) is 7.23. The zero-order chi connectivity index (χ0) is 15.9. The van der Waals surface area contributed by atoms with Crippen molar-refractivity contribution in [3.05, 3.63) is 11.7 Å². The molecule has 1 fully saturated rings. The molecule has 1 saturated carbocycles. The van der Waals surface area contributed by atoms with E-state index in [1.54, 1.807) is 0 Å². The van der Waals surface area contributed by atoms with Gasteiger partial charge in [0.15, 0.2) is 11.8 Å². The fourth-order valence-corrected chi connectivity index (χ4v) is 3.05. The molecule has 1 aliphatic carbocycles. The van der Waals surface area contributed by atoms with E-state index in [4.69, 9.17) is 4.52 Å². The smallest absolute Gasteiger partial charge is 0.228 e. The Kier molecular flexibility index (Phi) is 6.21. The fourth-order valence-electron chi connectivity index (χ4n) is 3.05. The Morgan fingerprint density at radius 3 is 2.59 bits per heavy atom. The summed E-state index contributed by atoms with van der Waals surface area (Å²) >= 11 is 0. The van der Waals surface area contributed by atoms with Crippen molar-refractivity contribution in [1.29, 1.82) is 0 Å². The van der Waals surface area contributed by atoms with Crippen molar-refractivity contribution in [2.45, 2.75) is 58.9 Å². The number of rotatable bonds is 5. The molecule has 0 unspecified atom stereocenters. The first kappa shape index (κ1) is 16.8. The van der Waals surface area contributed by atoms with E-state index in [0.717, 1.165) is 24.3 Å². The van der Waals surface area contributed by atoms with E-state index in [2.05, 4.69) is 39.6 Å². The second-order valence-electron chi connectivity index (χ2n) is 6.48. The summed E-state index contributed by atoms with van der Waals surface area (Å²) in [4.78, 5) is 8.50. The zero-order valence-electron chi connectivity index (χ0n) is 14.2. The van der Waals surface area contributed by atoms with Gasteiger partial charge < -0.3 is 15.2 Å². The SMILES string of the molecule is CN=C(NCCc1nc(C)no1)NC1CCC(C(C)C)CC1. The number of aliphatic imine (C=N–C) groups is 1. The largest absolute Gasteiger partial charge is 0.356 e. The molecule has 0 atom stereocenters. The molecule has 0 radical (unpaired) electrons. The highest BCUT2D eigenvalue weighted by atomic mass is 16.5. The predicted molar refractivity (Wildman–Crippen MR) is 87.8 cm³/mol. The molecule has 0 aromatic carbocycles. The van der Waals surface area contributed by atoms with Crippen molar-refractivity contribution in [3.8, 4) is 0 Å². The van der Waals surface area contributed by atoms with Crippen molar-refractivity contribution in [2.75, 3.05) is 13.6 Å². The molecule has 22 heavy (non-hydrogen) atoms. The number of aromatic nitrogens is 2. The van der Waals surface area contributed by atoms with Crippen molar-refractivity contribution in [3.63, 3.8) is 0 Å². The normalized spacial score (nSPS) is 22.9. The minimum absolute atomic E-state index is 0.534. The van der Waals surface area contributed by atoms with Crippen LogP contribution in [0.3, 0.4) is 0 Å². The van der Waals surface area contributed by atoms with Gasteiger partial charge in [-0.2, -0.15) is 4.98 Å². The molecule has 0 aliphatic heterocycles. The lowest BCUT2D eigenvalue weighted by molar-refractivity contribution is 0.250. The minimum Gasteiger partial charge on any atom is -0.356 e. The van der Waals surface area contributed by atoms with Gasteiger partial charge in [-0.25, -0.2) is 0 Å². The third-order valence-electron chi connectivity index (χ3n) is 4.48. The maximum absolute atomic E-state index is 5.10. The van der Waals surface area contributed by atoms with Gasteiger partial charge in [0.25, 0.3) is 0 Å². The predicted octanol–water partition coefficient (Wildman–Crippen LogP) is 2.30. The van der Waals surface area contributed by atoms with Crippen molar-refractivity contribution < 1.29 is 4.52 Å². The lowest BCUT2D eigenvalue weighted by atomic mass is 9.80. The van der Waals surface area contributed by atoms with Gasteiger partial charge in [-0.15, -0.1) is 0 Å². The van der Waals surface area contributed by atoms with Crippen LogP contribution in [-0.4, -0.2) is 35.7 Å². The molecule has 2 rings (SSSR count). The molecular weight excluding hydrogens is 278 g/mol. The van der Waals surface area contributed by atoms with Gasteiger partial charge in [0.2, 0.25) is 5.89 Å². The maximum atomic E-state index is 5.10. The van der Waals surface area contributed by atoms with Gasteiger partial charge >= 0.3 is 0 Å². The van der Waals surface area contributed by atoms with E-state index in [1.165, 1.54) is 25.7 Å². The molecule has 0 bridgehead atoms. The third kappa shape index (κ3) is 5.00. The van der Waals surface area contributed by atoms with Gasteiger partial charge in [0.1, 0.15) is 0 Å². The lowest BCUT2D eigenvalue weighted by Gasteiger charge is -2.32. The molecule has 1 aromatic heterocycles. The van der Waals surface area contributed by atoms with Gasteiger partial charge in [-0.1, -0.05) is 19.0 Å². The van der Waals surface area contributed by atoms with Crippen LogP contribution in [0.5, 0.6) is 0 Å². The standard InChI is InChI=1S/C16H29N5O/c1-11(2)13-5-7-14(8-6-13)20-16(17-4)18-10-9-15-19-12(3)21-22-15/h11,13-14H,5-10H2,1-4H3,(H2,17,18,20). The van der Waals surface area contributed by atoms with Gasteiger partial charge in [0.05, 0.1) is 0 Å². The number of aryl methyl sites for hydroxylation is 1. The average Bonchev–Trinajstić information content (AvgIpc) is 2.92. The summed E-state index contributed by atoms with van der Waals surface area (Å²) in [5.41, 5.74) is 0. The molecule has 0 amide bonds. The highest BCUT2D eigenvalue weighted by molar-refractivity contribution is 5.79. The highest BCUT2D eigenvalue weighted by Crippen LogP contribution is 2.29. The number of hydrogen-bond donors (Lipinski definition) is 2. The van der Waals surface area contributed by atoms with E-state index >= 15 is 0 Å². The summed E-state index contributed by atoms with van der Waals surface area (Å²) in [6, 6.07) is 0.534. The van der Waals surface area contributed by atoms with Crippen LogP contribution in [0.1, 0.15) is 51.2 Å². The Labute approximate surface area is 133 Å². The monoisotopic (exact) mass is 307 g/mol. The van der Waals surface area contributed by atoms with E-state index in [0.29, 0.717) is 24.2 Å². The quantitative estimate of drug-likeness (QED) is 0.645. The van der Waals surface area contributed by atoms with Gasteiger partial charge in [0, 0.05) is 26.1 Å². The molecule has 124 valence electrons. The molecule has 2 N–H and O–H groups in total. The van der Waals surface area contributed by atoms with E-state index in [-0.39, 0.29) is 0 Å². The van der Waals surface area contributed by atoms with Crippen molar-refractivity contribution >= 4 is 5.96 Å². The second kappa shape index (κ2) is 8.15. The number of nitrogens with one attached hydrogen (secondary N) is 2. The Hall–Kier alpha value is -1.59. The van der Waals surface area contributed by atoms with Crippen LogP contribution in [0.25, 0.3) is 0 Å². The molecule has 6 nitrogen and oxygen atoms in total. The van der Waals surface area contributed by atoms with Crippen molar-refractivity contribution in [1.82, 2.24) is 20.8 Å².